The zero-order valence-corrected chi connectivity index (χ0v) is 12.2. The van der Waals surface area contributed by atoms with Crippen molar-refractivity contribution in [1.29, 1.82) is 0 Å². The van der Waals surface area contributed by atoms with Crippen LogP contribution in [0.5, 0.6) is 11.5 Å². The second kappa shape index (κ2) is 6.17. The van der Waals surface area contributed by atoms with Crippen LogP contribution < -0.4 is 10.5 Å². The summed E-state index contributed by atoms with van der Waals surface area (Å²) in [5, 5.41) is 0. The summed E-state index contributed by atoms with van der Waals surface area (Å²) in [5.74, 6) is 0.763. The van der Waals surface area contributed by atoms with Gasteiger partial charge in [-0.3, -0.25) is 0 Å². The molecule has 0 aliphatic rings. The van der Waals surface area contributed by atoms with Crippen LogP contribution in [0.1, 0.15) is 24.9 Å². The number of para-hydroxylation sites is 1. The Kier molecular flexibility index (Phi) is 4.56. The van der Waals surface area contributed by atoms with Crippen molar-refractivity contribution in [2.45, 2.75) is 19.4 Å². The lowest BCUT2D eigenvalue weighted by molar-refractivity contribution is 0.463. The zero-order chi connectivity index (χ0) is 13.8. The maximum absolute atomic E-state index is 13.3. The van der Waals surface area contributed by atoms with Crippen molar-refractivity contribution in [3.05, 3.63) is 58.3 Å². The van der Waals surface area contributed by atoms with Gasteiger partial charge in [0.25, 0.3) is 0 Å². The van der Waals surface area contributed by atoms with Crippen molar-refractivity contribution in [2.24, 2.45) is 5.73 Å². The van der Waals surface area contributed by atoms with E-state index in [-0.39, 0.29) is 11.9 Å². The highest BCUT2D eigenvalue weighted by atomic mass is 79.9. The third-order valence-corrected chi connectivity index (χ3v) is 3.28. The topological polar surface area (TPSA) is 35.2 Å². The minimum Gasteiger partial charge on any atom is -0.457 e. The van der Waals surface area contributed by atoms with Gasteiger partial charge in [0.15, 0.2) is 0 Å². The van der Waals surface area contributed by atoms with Crippen molar-refractivity contribution in [2.75, 3.05) is 0 Å². The van der Waals surface area contributed by atoms with Crippen molar-refractivity contribution < 1.29 is 9.13 Å². The summed E-state index contributed by atoms with van der Waals surface area (Å²) in [5.41, 5.74) is 6.97. The van der Waals surface area contributed by atoms with Gasteiger partial charge in [-0.15, -0.1) is 0 Å². The van der Waals surface area contributed by atoms with E-state index >= 15 is 0 Å². The molecule has 100 valence electrons. The second-order valence-corrected chi connectivity index (χ2v) is 5.18. The van der Waals surface area contributed by atoms with E-state index in [1.807, 2.05) is 31.2 Å². The summed E-state index contributed by atoms with van der Waals surface area (Å²) >= 11 is 3.24. The molecule has 4 heteroatoms. The highest BCUT2D eigenvalue weighted by Gasteiger charge is 2.11. The van der Waals surface area contributed by atoms with Gasteiger partial charge in [-0.25, -0.2) is 4.39 Å². The first-order valence-electron chi connectivity index (χ1n) is 6.08. The maximum atomic E-state index is 13.3. The molecular formula is C15H15BrFNO. The Morgan fingerprint density at radius 2 is 2.00 bits per heavy atom. The van der Waals surface area contributed by atoms with Crippen molar-refractivity contribution >= 4 is 15.9 Å². The van der Waals surface area contributed by atoms with Gasteiger partial charge in [0.2, 0.25) is 0 Å². The highest BCUT2D eigenvalue weighted by Crippen LogP contribution is 2.31. The van der Waals surface area contributed by atoms with E-state index in [0.717, 1.165) is 12.0 Å². The summed E-state index contributed by atoms with van der Waals surface area (Å²) in [6.07, 6.45) is 0.813. The van der Waals surface area contributed by atoms with Gasteiger partial charge in [0, 0.05) is 22.1 Å². The average molecular weight is 324 g/mol. The van der Waals surface area contributed by atoms with Gasteiger partial charge in [0.1, 0.15) is 17.3 Å². The Labute approximate surface area is 120 Å². The maximum Gasteiger partial charge on any atom is 0.132 e. The van der Waals surface area contributed by atoms with Gasteiger partial charge in [-0.1, -0.05) is 41.1 Å². The van der Waals surface area contributed by atoms with Crippen LogP contribution in [-0.2, 0) is 0 Å². The number of ether oxygens (including phenoxy) is 1. The smallest absolute Gasteiger partial charge is 0.132 e. The number of rotatable bonds is 4. The van der Waals surface area contributed by atoms with E-state index < -0.39 is 0 Å². The molecule has 0 aliphatic heterocycles. The van der Waals surface area contributed by atoms with Crippen LogP contribution >= 0.6 is 15.9 Å². The number of nitrogens with two attached hydrogens (primary N) is 1. The van der Waals surface area contributed by atoms with Gasteiger partial charge < -0.3 is 10.5 Å². The molecule has 0 fully saturated rings. The van der Waals surface area contributed by atoms with Gasteiger partial charge >= 0.3 is 0 Å². The lowest BCUT2D eigenvalue weighted by Gasteiger charge is -2.15. The van der Waals surface area contributed by atoms with E-state index in [1.165, 1.54) is 12.1 Å². The Morgan fingerprint density at radius 1 is 1.26 bits per heavy atom. The predicted molar refractivity (Wildman–Crippen MR) is 77.8 cm³/mol. The molecular weight excluding hydrogens is 309 g/mol. The molecule has 0 amide bonds. The van der Waals surface area contributed by atoms with Crippen LogP contribution in [0.2, 0.25) is 0 Å². The molecule has 2 aromatic rings. The quantitative estimate of drug-likeness (QED) is 0.877. The first-order chi connectivity index (χ1) is 9.10. The summed E-state index contributed by atoms with van der Waals surface area (Å²) in [6.45, 7) is 2.01. The molecule has 0 aliphatic carbocycles. The van der Waals surface area contributed by atoms with Crippen LogP contribution in [0, 0.1) is 5.82 Å². The fourth-order valence-corrected chi connectivity index (χ4v) is 2.26. The van der Waals surface area contributed by atoms with Crippen LogP contribution in [0.25, 0.3) is 0 Å². The van der Waals surface area contributed by atoms with Crippen LogP contribution in [0.4, 0.5) is 4.39 Å². The van der Waals surface area contributed by atoms with Crippen LogP contribution in [0.3, 0.4) is 0 Å². The first-order valence-corrected chi connectivity index (χ1v) is 6.88. The molecule has 19 heavy (non-hydrogen) atoms. The summed E-state index contributed by atoms with van der Waals surface area (Å²) in [4.78, 5) is 0. The lowest BCUT2D eigenvalue weighted by atomic mass is 10.0. The van der Waals surface area contributed by atoms with Gasteiger partial charge in [-0.2, -0.15) is 0 Å². The monoisotopic (exact) mass is 323 g/mol. The minimum atomic E-state index is -0.346. The first kappa shape index (κ1) is 14.0. The van der Waals surface area contributed by atoms with Crippen molar-refractivity contribution in [1.82, 2.24) is 0 Å². The molecule has 0 unspecified atom stereocenters. The Balaban J connectivity index is 2.32. The van der Waals surface area contributed by atoms with E-state index in [9.17, 15) is 4.39 Å². The number of halogens is 2. The largest absolute Gasteiger partial charge is 0.457 e. The fourth-order valence-electron chi connectivity index (χ4n) is 1.81. The molecule has 0 saturated heterocycles. The number of hydrogen-bond acceptors (Lipinski definition) is 2. The molecule has 2 rings (SSSR count). The molecule has 0 heterocycles. The predicted octanol–water partition coefficient (Wildman–Crippen LogP) is 4.79. The normalized spacial score (nSPS) is 12.2. The number of hydrogen-bond donors (Lipinski definition) is 1. The summed E-state index contributed by atoms with van der Waals surface area (Å²) < 4.78 is 19.7. The standard InChI is InChI=1S/C15H15BrFNO/c1-2-14(18)13-5-3-4-6-15(13)19-12-8-10(16)7-11(17)9-12/h3-9,14H,2,18H2,1H3/t14-/m1/s1. The highest BCUT2D eigenvalue weighted by molar-refractivity contribution is 9.10. The number of benzene rings is 2. The second-order valence-electron chi connectivity index (χ2n) is 4.26. The van der Waals surface area contributed by atoms with E-state index in [0.29, 0.717) is 16.0 Å². The zero-order valence-electron chi connectivity index (χ0n) is 10.6. The molecule has 0 aromatic heterocycles. The molecule has 2 N–H and O–H groups in total. The van der Waals surface area contributed by atoms with Gasteiger partial charge in [-0.05, 0) is 24.6 Å². The summed E-state index contributed by atoms with van der Waals surface area (Å²) in [6, 6.07) is 11.9. The van der Waals surface area contributed by atoms with Gasteiger partial charge in [0.05, 0.1) is 0 Å². The minimum absolute atomic E-state index is 0.0896. The summed E-state index contributed by atoms with van der Waals surface area (Å²) in [7, 11) is 0. The molecule has 0 radical (unpaired) electrons. The van der Waals surface area contributed by atoms with E-state index in [4.69, 9.17) is 10.5 Å². The lowest BCUT2D eigenvalue weighted by Crippen LogP contribution is -2.09. The molecule has 0 saturated carbocycles. The average Bonchev–Trinajstić information content (AvgIpc) is 2.37. The molecule has 1 atom stereocenters. The SMILES string of the molecule is CC[C@@H](N)c1ccccc1Oc1cc(F)cc(Br)c1. The third kappa shape index (κ3) is 3.55. The van der Waals surface area contributed by atoms with Crippen LogP contribution in [-0.4, -0.2) is 0 Å². The molecule has 0 spiro atoms. The van der Waals surface area contributed by atoms with E-state index in [2.05, 4.69) is 15.9 Å². The van der Waals surface area contributed by atoms with Crippen molar-refractivity contribution in [3.8, 4) is 11.5 Å². The Morgan fingerprint density at radius 3 is 2.68 bits per heavy atom. The van der Waals surface area contributed by atoms with Crippen molar-refractivity contribution in [3.63, 3.8) is 0 Å². The van der Waals surface area contributed by atoms with E-state index in [1.54, 1.807) is 6.07 Å². The Bertz CT molecular complexity index is 554. The molecule has 0 bridgehead atoms. The fraction of sp³-hybridized carbons (Fsp3) is 0.200. The Hall–Kier alpha value is -1.39. The van der Waals surface area contributed by atoms with Crippen LogP contribution in [0.15, 0.2) is 46.9 Å². The molecule has 2 aromatic carbocycles. The third-order valence-electron chi connectivity index (χ3n) is 2.82. The molecule has 2 nitrogen and oxygen atoms in total.